The standard InChI is InChI=1S/C23H27N3O2/c27-22(24-16-17-7-3-1-4-8-17)20-15-21(20)23(28)25-18-9-11-19(12-10-18)26-13-5-2-6-14-26/h1,3-4,7-12,20-21H,2,5-6,13-16H2,(H,24,27)(H,25,28). The van der Waals surface area contributed by atoms with Crippen LogP contribution in [0.15, 0.2) is 54.6 Å². The molecule has 2 aliphatic rings. The fourth-order valence-electron chi connectivity index (χ4n) is 3.83. The molecule has 2 aromatic rings. The Hall–Kier alpha value is -2.82. The van der Waals surface area contributed by atoms with Crippen LogP contribution in [0.25, 0.3) is 0 Å². The van der Waals surface area contributed by atoms with Gasteiger partial charge in [0.25, 0.3) is 0 Å². The molecule has 146 valence electrons. The zero-order valence-electron chi connectivity index (χ0n) is 16.1. The van der Waals surface area contributed by atoms with Crippen molar-refractivity contribution in [1.82, 2.24) is 5.32 Å². The number of carbonyl (C=O) groups is 2. The summed E-state index contributed by atoms with van der Waals surface area (Å²) in [5.74, 6) is -0.538. The Labute approximate surface area is 166 Å². The summed E-state index contributed by atoms with van der Waals surface area (Å²) in [5, 5.41) is 5.88. The molecule has 2 amide bonds. The maximum atomic E-state index is 12.4. The molecule has 5 heteroatoms. The highest BCUT2D eigenvalue weighted by molar-refractivity contribution is 5.99. The molecule has 2 aromatic carbocycles. The SMILES string of the molecule is O=C(NCc1ccccc1)C1CC1C(=O)Nc1ccc(N2CCCCC2)cc1. The maximum Gasteiger partial charge on any atom is 0.228 e. The van der Waals surface area contributed by atoms with Gasteiger partial charge in [-0.3, -0.25) is 9.59 Å². The van der Waals surface area contributed by atoms with Crippen LogP contribution in [0, 0.1) is 11.8 Å². The van der Waals surface area contributed by atoms with Gasteiger partial charge in [0.2, 0.25) is 11.8 Å². The number of rotatable bonds is 6. The van der Waals surface area contributed by atoms with Crippen molar-refractivity contribution < 1.29 is 9.59 Å². The van der Waals surface area contributed by atoms with Gasteiger partial charge in [-0.2, -0.15) is 0 Å². The average Bonchev–Trinajstić information content (AvgIpc) is 3.55. The monoisotopic (exact) mass is 377 g/mol. The molecule has 0 spiro atoms. The molecular formula is C23H27N3O2. The lowest BCUT2D eigenvalue weighted by Gasteiger charge is -2.28. The van der Waals surface area contributed by atoms with Crippen molar-refractivity contribution >= 4 is 23.2 Å². The van der Waals surface area contributed by atoms with Gasteiger partial charge >= 0.3 is 0 Å². The third-order valence-corrected chi connectivity index (χ3v) is 5.63. The molecule has 0 bridgehead atoms. The van der Waals surface area contributed by atoms with E-state index in [1.54, 1.807) is 0 Å². The highest BCUT2D eigenvalue weighted by Crippen LogP contribution is 2.39. The number of carbonyl (C=O) groups excluding carboxylic acids is 2. The second kappa shape index (κ2) is 8.46. The molecule has 2 atom stereocenters. The van der Waals surface area contributed by atoms with Gasteiger partial charge in [0.1, 0.15) is 0 Å². The smallest absolute Gasteiger partial charge is 0.228 e. The second-order valence-electron chi connectivity index (χ2n) is 7.74. The number of amides is 2. The molecule has 2 N–H and O–H groups in total. The summed E-state index contributed by atoms with van der Waals surface area (Å²) in [4.78, 5) is 27.1. The van der Waals surface area contributed by atoms with Crippen LogP contribution in [0.1, 0.15) is 31.2 Å². The van der Waals surface area contributed by atoms with Crippen molar-refractivity contribution in [3.63, 3.8) is 0 Å². The van der Waals surface area contributed by atoms with Crippen LogP contribution >= 0.6 is 0 Å². The van der Waals surface area contributed by atoms with Crippen molar-refractivity contribution in [1.29, 1.82) is 0 Å². The molecule has 1 aliphatic carbocycles. The molecular weight excluding hydrogens is 350 g/mol. The zero-order valence-corrected chi connectivity index (χ0v) is 16.1. The molecule has 5 nitrogen and oxygen atoms in total. The third-order valence-electron chi connectivity index (χ3n) is 5.63. The van der Waals surface area contributed by atoms with E-state index in [4.69, 9.17) is 0 Å². The Morgan fingerprint density at radius 1 is 0.857 bits per heavy atom. The predicted molar refractivity (Wildman–Crippen MR) is 111 cm³/mol. The van der Waals surface area contributed by atoms with Crippen molar-refractivity contribution in [2.75, 3.05) is 23.3 Å². The quantitative estimate of drug-likeness (QED) is 0.809. The van der Waals surface area contributed by atoms with Crippen LogP contribution in [-0.2, 0) is 16.1 Å². The number of benzene rings is 2. The van der Waals surface area contributed by atoms with Crippen molar-refractivity contribution in [3.05, 3.63) is 60.2 Å². The first-order valence-electron chi connectivity index (χ1n) is 10.2. The maximum absolute atomic E-state index is 12.4. The summed E-state index contributed by atoms with van der Waals surface area (Å²) in [6, 6.07) is 17.8. The van der Waals surface area contributed by atoms with E-state index in [-0.39, 0.29) is 23.7 Å². The normalized spacial score (nSPS) is 21.1. The number of nitrogens with zero attached hydrogens (tertiary/aromatic N) is 1. The van der Waals surface area contributed by atoms with Crippen LogP contribution in [0.5, 0.6) is 0 Å². The van der Waals surface area contributed by atoms with Gasteiger partial charge in [0.15, 0.2) is 0 Å². The van der Waals surface area contributed by atoms with Gasteiger partial charge in [-0.05, 0) is 55.5 Å². The molecule has 1 aliphatic heterocycles. The molecule has 0 aromatic heterocycles. The van der Waals surface area contributed by atoms with E-state index in [2.05, 4.69) is 27.7 Å². The van der Waals surface area contributed by atoms with E-state index in [0.717, 1.165) is 24.3 Å². The summed E-state index contributed by atoms with van der Waals surface area (Å²) in [6.07, 6.45) is 4.42. The van der Waals surface area contributed by atoms with Crippen LogP contribution in [0.4, 0.5) is 11.4 Å². The molecule has 2 unspecified atom stereocenters. The minimum atomic E-state index is -0.224. The molecule has 1 saturated carbocycles. The van der Waals surface area contributed by atoms with E-state index in [1.807, 2.05) is 42.5 Å². The van der Waals surface area contributed by atoms with Gasteiger partial charge in [-0.1, -0.05) is 30.3 Å². The van der Waals surface area contributed by atoms with Crippen LogP contribution in [0.2, 0.25) is 0 Å². The molecule has 2 fully saturated rings. The molecule has 1 saturated heterocycles. The number of piperidine rings is 1. The van der Waals surface area contributed by atoms with Gasteiger partial charge in [-0.15, -0.1) is 0 Å². The van der Waals surface area contributed by atoms with E-state index >= 15 is 0 Å². The number of anilines is 2. The number of nitrogens with one attached hydrogen (secondary N) is 2. The Kier molecular flexibility index (Phi) is 5.60. The fraction of sp³-hybridized carbons (Fsp3) is 0.391. The Balaban J connectivity index is 1.25. The summed E-state index contributed by atoms with van der Waals surface area (Å²) >= 11 is 0. The number of hydrogen-bond acceptors (Lipinski definition) is 3. The minimum Gasteiger partial charge on any atom is -0.372 e. The predicted octanol–water partition coefficient (Wildman–Crippen LogP) is 3.57. The lowest BCUT2D eigenvalue weighted by molar-refractivity contribution is -0.125. The molecule has 1 heterocycles. The van der Waals surface area contributed by atoms with Crippen molar-refractivity contribution in [3.8, 4) is 0 Å². The Bertz CT molecular complexity index is 814. The molecule has 0 radical (unpaired) electrons. The van der Waals surface area contributed by atoms with Gasteiger partial charge in [-0.25, -0.2) is 0 Å². The lowest BCUT2D eigenvalue weighted by Crippen LogP contribution is -2.29. The second-order valence-corrected chi connectivity index (χ2v) is 7.74. The number of hydrogen-bond donors (Lipinski definition) is 2. The Morgan fingerprint density at radius 3 is 2.25 bits per heavy atom. The van der Waals surface area contributed by atoms with Crippen molar-refractivity contribution in [2.24, 2.45) is 11.8 Å². The van der Waals surface area contributed by atoms with Crippen molar-refractivity contribution in [2.45, 2.75) is 32.2 Å². The largest absolute Gasteiger partial charge is 0.372 e. The summed E-state index contributed by atoms with van der Waals surface area (Å²) in [7, 11) is 0. The zero-order chi connectivity index (χ0) is 19.3. The van der Waals surface area contributed by atoms with Gasteiger partial charge in [0.05, 0.1) is 11.8 Å². The highest BCUT2D eigenvalue weighted by Gasteiger charge is 2.47. The first-order chi connectivity index (χ1) is 13.7. The minimum absolute atomic E-state index is 0.0375. The van der Waals surface area contributed by atoms with E-state index < -0.39 is 0 Å². The summed E-state index contributed by atoms with van der Waals surface area (Å²) < 4.78 is 0. The van der Waals surface area contributed by atoms with E-state index in [9.17, 15) is 9.59 Å². The molecule has 4 rings (SSSR count). The Morgan fingerprint density at radius 2 is 1.54 bits per heavy atom. The summed E-state index contributed by atoms with van der Waals surface area (Å²) in [6.45, 7) is 2.71. The van der Waals surface area contributed by atoms with Gasteiger partial charge in [0, 0.05) is 31.0 Å². The van der Waals surface area contributed by atoms with Crippen LogP contribution in [-0.4, -0.2) is 24.9 Å². The van der Waals surface area contributed by atoms with E-state index in [1.165, 1.54) is 24.9 Å². The van der Waals surface area contributed by atoms with Crippen LogP contribution in [0.3, 0.4) is 0 Å². The average molecular weight is 377 g/mol. The van der Waals surface area contributed by atoms with E-state index in [0.29, 0.717) is 13.0 Å². The van der Waals surface area contributed by atoms with Gasteiger partial charge < -0.3 is 15.5 Å². The first-order valence-corrected chi connectivity index (χ1v) is 10.2. The lowest BCUT2D eigenvalue weighted by atomic mass is 10.1. The summed E-state index contributed by atoms with van der Waals surface area (Å²) in [5.41, 5.74) is 3.06. The molecule has 28 heavy (non-hydrogen) atoms. The fourth-order valence-corrected chi connectivity index (χ4v) is 3.83. The first kappa shape index (κ1) is 18.5. The van der Waals surface area contributed by atoms with Crippen LogP contribution < -0.4 is 15.5 Å². The highest BCUT2D eigenvalue weighted by atomic mass is 16.2. The topological polar surface area (TPSA) is 61.4 Å². The third kappa shape index (κ3) is 4.53.